The lowest BCUT2D eigenvalue weighted by Crippen LogP contribution is -2.52. The molecule has 0 saturated heterocycles. The van der Waals surface area contributed by atoms with E-state index < -0.39 is 28.5 Å². The number of aryl methyl sites for hydroxylation is 1. The summed E-state index contributed by atoms with van der Waals surface area (Å²) in [6, 6.07) is 21.5. The van der Waals surface area contributed by atoms with E-state index in [1.807, 2.05) is 39.0 Å². The van der Waals surface area contributed by atoms with Crippen molar-refractivity contribution in [1.29, 1.82) is 0 Å². The lowest BCUT2D eigenvalue weighted by molar-refractivity contribution is -0.140. The van der Waals surface area contributed by atoms with Crippen molar-refractivity contribution in [2.24, 2.45) is 0 Å². The van der Waals surface area contributed by atoms with Crippen LogP contribution in [0.4, 0.5) is 5.69 Å². The van der Waals surface area contributed by atoms with Gasteiger partial charge in [-0.15, -0.1) is 0 Å². The smallest absolute Gasteiger partial charge is 0.264 e. The second-order valence-corrected chi connectivity index (χ2v) is 11.8. The molecular weight excluding hydrogens is 546 g/mol. The largest absolute Gasteiger partial charge is 0.354 e. The van der Waals surface area contributed by atoms with Crippen molar-refractivity contribution in [3.8, 4) is 0 Å². The number of rotatable bonds is 14. The van der Waals surface area contributed by atoms with E-state index >= 15 is 0 Å². The minimum Gasteiger partial charge on any atom is -0.354 e. The van der Waals surface area contributed by atoms with Gasteiger partial charge >= 0.3 is 0 Å². The molecule has 0 heterocycles. The molecule has 0 aliphatic heterocycles. The van der Waals surface area contributed by atoms with Crippen molar-refractivity contribution >= 4 is 39.1 Å². The molecule has 0 fully saturated rings. The molecule has 2 amide bonds. The third kappa shape index (κ3) is 7.86. The van der Waals surface area contributed by atoms with E-state index in [0.29, 0.717) is 29.2 Å². The van der Waals surface area contributed by atoms with Gasteiger partial charge in [0.1, 0.15) is 12.6 Å². The molecule has 214 valence electrons. The highest BCUT2D eigenvalue weighted by Crippen LogP contribution is 2.26. The number of hydrogen-bond donors (Lipinski definition) is 1. The lowest BCUT2D eigenvalue weighted by Gasteiger charge is -2.33. The van der Waals surface area contributed by atoms with Crippen molar-refractivity contribution in [2.75, 3.05) is 17.4 Å². The van der Waals surface area contributed by atoms with Gasteiger partial charge in [-0.2, -0.15) is 0 Å². The predicted molar refractivity (Wildman–Crippen MR) is 161 cm³/mol. The number of halogens is 1. The molecule has 1 atom stereocenters. The van der Waals surface area contributed by atoms with E-state index in [1.54, 1.807) is 48.5 Å². The summed E-state index contributed by atoms with van der Waals surface area (Å²) in [5.41, 5.74) is 2.08. The molecule has 0 radical (unpaired) electrons. The number of nitrogens with one attached hydrogen (secondary N) is 1. The number of anilines is 1. The predicted octanol–water partition coefficient (Wildman–Crippen LogP) is 5.82. The maximum absolute atomic E-state index is 14.1. The van der Waals surface area contributed by atoms with Crippen LogP contribution < -0.4 is 9.62 Å². The van der Waals surface area contributed by atoms with Gasteiger partial charge in [0.25, 0.3) is 10.0 Å². The van der Waals surface area contributed by atoms with Crippen LogP contribution in [0.15, 0.2) is 83.8 Å². The summed E-state index contributed by atoms with van der Waals surface area (Å²) in [5, 5.41) is 3.39. The number of hydrogen-bond acceptors (Lipinski definition) is 4. The molecule has 9 heteroatoms. The number of carbonyl (C=O) groups excluding carboxylic acids is 2. The molecule has 0 aliphatic carbocycles. The Morgan fingerprint density at radius 3 is 2.15 bits per heavy atom. The fourth-order valence-corrected chi connectivity index (χ4v) is 6.01. The lowest BCUT2D eigenvalue weighted by atomic mass is 10.1. The average molecular weight is 584 g/mol. The first-order valence-electron chi connectivity index (χ1n) is 13.7. The first-order valence-corrected chi connectivity index (χ1v) is 15.5. The Balaban J connectivity index is 2.03. The number of carbonyl (C=O) groups is 2. The normalized spacial score (nSPS) is 12.0. The van der Waals surface area contributed by atoms with Crippen molar-refractivity contribution in [2.45, 2.75) is 63.9 Å². The average Bonchev–Trinajstić information content (AvgIpc) is 2.97. The second-order valence-electron chi connectivity index (χ2n) is 9.53. The van der Waals surface area contributed by atoms with Crippen LogP contribution in [0.1, 0.15) is 51.2 Å². The molecular formula is C31H38ClN3O4S. The van der Waals surface area contributed by atoms with Gasteiger partial charge in [-0.25, -0.2) is 8.42 Å². The molecule has 3 aromatic carbocycles. The Kier molecular flexibility index (Phi) is 11.6. The number of amides is 2. The third-order valence-corrected chi connectivity index (χ3v) is 8.91. The monoisotopic (exact) mass is 583 g/mol. The molecule has 0 aliphatic rings. The van der Waals surface area contributed by atoms with Gasteiger partial charge in [0, 0.05) is 18.1 Å². The van der Waals surface area contributed by atoms with Crippen LogP contribution in [0.2, 0.25) is 5.02 Å². The molecule has 0 bridgehead atoms. The van der Waals surface area contributed by atoms with Crippen molar-refractivity contribution < 1.29 is 18.0 Å². The second kappa shape index (κ2) is 14.9. The Labute approximate surface area is 243 Å². The minimum atomic E-state index is -4.09. The summed E-state index contributed by atoms with van der Waals surface area (Å²) in [4.78, 5) is 28.8. The van der Waals surface area contributed by atoms with Crippen molar-refractivity contribution in [3.05, 3.63) is 95.0 Å². The van der Waals surface area contributed by atoms with Crippen molar-refractivity contribution in [3.63, 3.8) is 0 Å². The maximum atomic E-state index is 14.1. The van der Waals surface area contributed by atoms with Gasteiger partial charge < -0.3 is 10.2 Å². The van der Waals surface area contributed by atoms with Crippen LogP contribution in [0, 0.1) is 0 Å². The van der Waals surface area contributed by atoms with Crippen LogP contribution in [0.3, 0.4) is 0 Å². The Morgan fingerprint density at radius 2 is 1.55 bits per heavy atom. The summed E-state index contributed by atoms with van der Waals surface area (Å²) in [7, 11) is -4.09. The van der Waals surface area contributed by atoms with Gasteiger partial charge in [-0.05, 0) is 60.7 Å². The van der Waals surface area contributed by atoms with E-state index in [0.717, 1.165) is 29.1 Å². The highest BCUT2D eigenvalue weighted by Gasteiger charge is 2.33. The van der Waals surface area contributed by atoms with E-state index in [2.05, 4.69) is 5.32 Å². The topological polar surface area (TPSA) is 86.8 Å². The molecule has 40 heavy (non-hydrogen) atoms. The standard InChI is InChI=1S/C31H38ClN3O4S/c1-4-7-21-33-31(37)29(6-3)34(22-25-13-11-12-16-28(25)32)30(36)23-35(26-19-17-24(5-2)18-20-26)40(38,39)27-14-9-8-10-15-27/h8-20,29H,4-7,21-23H2,1-3H3,(H,33,37). The van der Waals surface area contributed by atoms with Gasteiger partial charge in [-0.1, -0.05) is 87.3 Å². The van der Waals surface area contributed by atoms with Gasteiger partial charge in [0.15, 0.2) is 0 Å². The first kappa shape index (κ1) is 31.2. The quantitative estimate of drug-likeness (QED) is 0.242. The summed E-state index contributed by atoms with van der Waals surface area (Å²) in [6.45, 7) is 5.96. The van der Waals surface area contributed by atoms with Gasteiger partial charge in [0.05, 0.1) is 10.6 Å². The van der Waals surface area contributed by atoms with Gasteiger partial charge in [-0.3, -0.25) is 13.9 Å². The summed E-state index contributed by atoms with van der Waals surface area (Å²) < 4.78 is 28.8. The summed E-state index contributed by atoms with van der Waals surface area (Å²) in [5.74, 6) is -0.780. The zero-order chi connectivity index (χ0) is 29.1. The molecule has 0 spiro atoms. The molecule has 3 aromatic rings. The minimum absolute atomic E-state index is 0.0617. The van der Waals surface area contributed by atoms with Gasteiger partial charge in [0.2, 0.25) is 11.8 Å². The Hall–Kier alpha value is -3.36. The van der Waals surface area contributed by atoms with E-state index in [9.17, 15) is 18.0 Å². The number of benzene rings is 3. The summed E-state index contributed by atoms with van der Waals surface area (Å²) >= 11 is 6.44. The number of nitrogens with zero attached hydrogens (tertiary/aromatic N) is 2. The first-order chi connectivity index (χ1) is 19.2. The fraction of sp³-hybridized carbons (Fsp3) is 0.355. The van der Waals surface area contributed by atoms with Crippen LogP contribution in [0.25, 0.3) is 0 Å². The van der Waals surface area contributed by atoms with E-state index in [4.69, 9.17) is 11.6 Å². The third-order valence-electron chi connectivity index (χ3n) is 6.76. The molecule has 7 nitrogen and oxygen atoms in total. The number of unbranched alkanes of at least 4 members (excludes halogenated alkanes) is 1. The Bertz CT molecular complexity index is 1360. The summed E-state index contributed by atoms with van der Waals surface area (Å²) in [6.07, 6.45) is 2.88. The number of sulfonamides is 1. The zero-order valence-electron chi connectivity index (χ0n) is 23.3. The molecule has 0 aromatic heterocycles. The van der Waals surface area contributed by atoms with Crippen LogP contribution in [-0.4, -0.2) is 44.3 Å². The molecule has 1 N–H and O–H groups in total. The zero-order valence-corrected chi connectivity index (χ0v) is 24.9. The van der Waals surface area contributed by atoms with E-state index in [1.165, 1.54) is 17.0 Å². The van der Waals surface area contributed by atoms with Crippen LogP contribution in [-0.2, 0) is 32.6 Å². The SMILES string of the molecule is CCCCNC(=O)C(CC)N(Cc1ccccc1Cl)C(=O)CN(c1ccc(CC)cc1)S(=O)(=O)c1ccccc1. The van der Waals surface area contributed by atoms with E-state index in [-0.39, 0.29) is 17.3 Å². The Morgan fingerprint density at radius 1 is 0.900 bits per heavy atom. The maximum Gasteiger partial charge on any atom is 0.264 e. The van der Waals surface area contributed by atoms with Crippen molar-refractivity contribution in [1.82, 2.24) is 10.2 Å². The molecule has 1 unspecified atom stereocenters. The fourth-order valence-electron chi connectivity index (χ4n) is 4.38. The highest BCUT2D eigenvalue weighted by molar-refractivity contribution is 7.92. The molecule has 0 saturated carbocycles. The van der Waals surface area contributed by atoms with Crippen LogP contribution in [0.5, 0.6) is 0 Å². The highest BCUT2D eigenvalue weighted by atomic mass is 35.5. The van der Waals surface area contributed by atoms with Crippen LogP contribution >= 0.6 is 11.6 Å². The molecule has 3 rings (SSSR count).